The maximum absolute atomic E-state index is 12.6. The third-order valence-corrected chi connectivity index (χ3v) is 7.06. The molecule has 0 aromatic heterocycles. The Balaban J connectivity index is 1.39. The van der Waals surface area contributed by atoms with Gasteiger partial charge in [0, 0.05) is 0 Å². The first-order chi connectivity index (χ1) is 18.1. The molecule has 0 radical (unpaired) electrons. The molecular weight excluding hydrogens is 464 g/mol. The predicted octanol–water partition coefficient (Wildman–Crippen LogP) is 8.32. The molecule has 5 heteroatoms. The lowest BCUT2D eigenvalue weighted by Gasteiger charge is -2.27. The minimum atomic E-state index is -0.448. The molecule has 0 bridgehead atoms. The standard InChI is InChI=1S/C32H42O5/c1-3-5-7-8-10-24-35-28-18-16-27(17-19-28)32(34)37-30-22-20-29(21-23-30)36-31(33)26-14-12-25(13-15-26)11-9-6-4-2/h3,16-23,25-26H,1,4-15,24H2,2H3/t25-,26-. The van der Waals surface area contributed by atoms with Crippen LogP contribution in [-0.2, 0) is 4.79 Å². The molecule has 2 aromatic carbocycles. The van der Waals surface area contributed by atoms with Crippen molar-refractivity contribution in [2.45, 2.75) is 84.0 Å². The normalized spacial score (nSPS) is 17.1. The van der Waals surface area contributed by atoms with Crippen molar-refractivity contribution in [3.05, 3.63) is 66.7 Å². The molecule has 1 fully saturated rings. The number of unbranched alkanes of at least 4 members (excludes halogenated alkanes) is 5. The van der Waals surface area contributed by atoms with Crippen molar-refractivity contribution in [2.24, 2.45) is 11.8 Å². The topological polar surface area (TPSA) is 61.8 Å². The van der Waals surface area contributed by atoms with Gasteiger partial charge in [-0.1, -0.05) is 38.7 Å². The van der Waals surface area contributed by atoms with Crippen molar-refractivity contribution in [2.75, 3.05) is 6.61 Å². The van der Waals surface area contributed by atoms with Crippen molar-refractivity contribution in [3.8, 4) is 17.2 Å². The molecule has 2 aromatic rings. The van der Waals surface area contributed by atoms with Gasteiger partial charge in [0.15, 0.2) is 0 Å². The Morgan fingerprint density at radius 2 is 1.46 bits per heavy atom. The number of rotatable bonds is 15. The Bertz CT molecular complexity index is 956. The van der Waals surface area contributed by atoms with E-state index in [0.29, 0.717) is 23.7 Å². The highest BCUT2D eigenvalue weighted by Crippen LogP contribution is 2.33. The van der Waals surface area contributed by atoms with E-state index in [0.717, 1.165) is 63.0 Å². The van der Waals surface area contributed by atoms with Crippen LogP contribution in [0.3, 0.4) is 0 Å². The van der Waals surface area contributed by atoms with Gasteiger partial charge in [-0.15, -0.1) is 6.58 Å². The van der Waals surface area contributed by atoms with Gasteiger partial charge >= 0.3 is 11.9 Å². The highest BCUT2D eigenvalue weighted by molar-refractivity contribution is 5.91. The number of ether oxygens (including phenoxy) is 3. The molecule has 37 heavy (non-hydrogen) atoms. The highest BCUT2D eigenvalue weighted by Gasteiger charge is 2.27. The Labute approximate surface area is 222 Å². The molecule has 0 unspecified atom stereocenters. The summed E-state index contributed by atoms with van der Waals surface area (Å²) in [4.78, 5) is 25.1. The summed E-state index contributed by atoms with van der Waals surface area (Å²) in [6.45, 7) is 6.61. The van der Waals surface area contributed by atoms with Crippen molar-refractivity contribution in [1.82, 2.24) is 0 Å². The lowest BCUT2D eigenvalue weighted by molar-refractivity contribution is -0.140. The summed E-state index contributed by atoms with van der Waals surface area (Å²) in [7, 11) is 0. The monoisotopic (exact) mass is 506 g/mol. The van der Waals surface area contributed by atoms with Gasteiger partial charge in [0.1, 0.15) is 17.2 Å². The Morgan fingerprint density at radius 3 is 2.11 bits per heavy atom. The molecule has 3 rings (SSSR count). The van der Waals surface area contributed by atoms with E-state index >= 15 is 0 Å². The fourth-order valence-corrected chi connectivity index (χ4v) is 4.76. The van der Waals surface area contributed by atoms with Crippen LogP contribution in [0, 0.1) is 11.8 Å². The lowest BCUT2D eigenvalue weighted by atomic mass is 9.80. The van der Waals surface area contributed by atoms with Crippen molar-refractivity contribution < 1.29 is 23.8 Å². The summed E-state index contributed by atoms with van der Waals surface area (Å²) in [5.41, 5.74) is 0.444. The molecule has 0 aliphatic heterocycles. The van der Waals surface area contributed by atoms with Crippen LogP contribution in [0.2, 0.25) is 0 Å². The average Bonchev–Trinajstić information content (AvgIpc) is 2.92. The molecule has 5 nitrogen and oxygen atoms in total. The number of allylic oxidation sites excluding steroid dienone is 1. The van der Waals surface area contributed by atoms with E-state index in [2.05, 4.69) is 13.5 Å². The molecule has 0 spiro atoms. The third kappa shape index (κ3) is 10.1. The minimum absolute atomic E-state index is 0.0239. The number of esters is 2. The van der Waals surface area contributed by atoms with Crippen LogP contribution >= 0.6 is 0 Å². The summed E-state index contributed by atoms with van der Waals surface area (Å²) in [6, 6.07) is 13.6. The van der Waals surface area contributed by atoms with Crippen LogP contribution in [0.5, 0.6) is 17.2 Å². The number of hydrogen-bond acceptors (Lipinski definition) is 5. The van der Waals surface area contributed by atoms with Gasteiger partial charge in [0.2, 0.25) is 0 Å². The molecule has 1 aliphatic rings. The van der Waals surface area contributed by atoms with E-state index < -0.39 is 5.97 Å². The summed E-state index contributed by atoms with van der Waals surface area (Å²) >= 11 is 0. The average molecular weight is 507 g/mol. The number of hydrogen-bond donors (Lipinski definition) is 0. The quantitative estimate of drug-likeness (QED) is 0.105. The molecule has 0 heterocycles. The zero-order valence-electron chi connectivity index (χ0n) is 22.3. The first kappa shape index (κ1) is 28.5. The molecule has 1 aliphatic carbocycles. The van der Waals surface area contributed by atoms with Crippen molar-refractivity contribution in [3.63, 3.8) is 0 Å². The van der Waals surface area contributed by atoms with Gasteiger partial charge in [0.05, 0.1) is 18.1 Å². The predicted molar refractivity (Wildman–Crippen MR) is 147 cm³/mol. The second-order valence-electron chi connectivity index (χ2n) is 10.0. The van der Waals surface area contributed by atoms with Gasteiger partial charge in [-0.3, -0.25) is 4.79 Å². The molecule has 0 atom stereocenters. The second-order valence-corrected chi connectivity index (χ2v) is 10.0. The van der Waals surface area contributed by atoms with Gasteiger partial charge in [-0.25, -0.2) is 4.79 Å². The second kappa shape index (κ2) is 15.9. The fourth-order valence-electron chi connectivity index (χ4n) is 4.76. The van der Waals surface area contributed by atoms with E-state index in [4.69, 9.17) is 14.2 Å². The zero-order valence-corrected chi connectivity index (χ0v) is 22.3. The van der Waals surface area contributed by atoms with E-state index in [1.807, 2.05) is 6.08 Å². The zero-order chi connectivity index (χ0) is 26.3. The molecular formula is C32H42O5. The Kier molecular flexibility index (Phi) is 12.2. The maximum Gasteiger partial charge on any atom is 0.343 e. The summed E-state index contributed by atoms with van der Waals surface area (Å²) < 4.78 is 16.8. The van der Waals surface area contributed by atoms with Crippen LogP contribution in [-0.4, -0.2) is 18.5 Å². The van der Waals surface area contributed by atoms with E-state index in [9.17, 15) is 9.59 Å². The van der Waals surface area contributed by atoms with E-state index in [1.165, 1.54) is 25.7 Å². The fraction of sp³-hybridized carbons (Fsp3) is 0.500. The summed E-state index contributed by atoms with van der Waals surface area (Å²) in [5.74, 6) is 1.73. The van der Waals surface area contributed by atoms with Gasteiger partial charge in [-0.2, -0.15) is 0 Å². The molecule has 0 amide bonds. The van der Waals surface area contributed by atoms with Crippen LogP contribution in [0.4, 0.5) is 0 Å². The summed E-state index contributed by atoms with van der Waals surface area (Å²) in [6.07, 6.45) is 15.4. The summed E-state index contributed by atoms with van der Waals surface area (Å²) in [5, 5.41) is 0. The Morgan fingerprint density at radius 1 is 0.811 bits per heavy atom. The van der Waals surface area contributed by atoms with Gasteiger partial charge in [0.25, 0.3) is 0 Å². The van der Waals surface area contributed by atoms with E-state index in [1.54, 1.807) is 48.5 Å². The van der Waals surface area contributed by atoms with Crippen LogP contribution in [0.15, 0.2) is 61.2 Å². The number of carbonyl (C=O) groups is 2. The minimum Gasteiger partial charge on any atom is -0.494 e. The maximum atomic E-state index is 12.6. The SMILES string of the molecule is C=CCCCCCOc1ccc(C(=O)Oc2ccc(OC(=O)[C@H]3CC[C@H](CCCCC)CC3)cc2)cc1. The smallest absolute Gasteiger partial charge is 0.343 e. The van der Waals surface area contributed by atoms with Gasteiger partial charge in [-0.05, 0) is 106 Å². The van der Waals surface area contributed by atoms with Gasteiger partial charge < -0.3 is 14.2 Å². The number of carbonyl (C=O) groups excluding carboxylic acids is 2. The van der Waals surface area contributed by atoms with Crippen molar-refractivity contribution >= 4 is 11.9 Å². The van der Waals surface area contributed by atoms with Crippen LogP contribution in [0.25, 0.3) is 0 Å². The lowest BCUT2D eigenvalue weighted by Crippen LogP contribution is -2.25. The van der Waals surface area contributed by atoms with E-state index in [-0.39, 0.29) is 11.9 Å². The molecule has 0 saturated heterocycles. The first-order valence-corrected chi connectivity index (χ1v) is 14.0. The third-order valence-electron chi connectivity index (χ3n) is 7.06. The largest absolute Gasteiger partial charge is 0.494 e. The van der Waals surface area contributed by atoms with Crippen molar-refractivity contribution in [1.29, 1.82) is 0 Å². The van der Waals surface area contributed by atoms with Crippen LogP contribution in [0.1, 0.15) is 94.3 Å². The number of benzene rings is 2. The molecule has 200 valence electrons. The van der Waals surface area contributed by atoms with Crippen LogP contribution < -0.4 is 14.2 Å². The molecule has 1 saturated carbocycles. The first-order valence-electron chi connectivity index (χ1n) is 14.0. The Hall–Kier alpha value is -3.08. The highest BCUT2D eigenvalue weighted by atomic mass is 16.5. The molecule has 0 N–H and O–H groups in total.